The third-order valence-electron chi connectivity index (χ3n) is 4.07. The minimum atomic E-state index is -4.47. The van der Waals surface area contributed by atoms with Crippen LogP contribution in [0.25, 0.3) is 0 Å². The number of azo groups is 1. The van der Waals surface area contributed by atoms with Gasteiger partial charge in [0.15, 0.2) is 0 Å². The summed E-state index contributed by atoms with van der Waals surface area (Å²) in [5, 5.41) is 21.5. The van der Waals surface area contributed by atoms with Gasteiger partial charge in [-0.25, -0.2) is 5.43 Å². The van der Waals surface area contributed by atoms with E-state index in [9.17, 15) is 23.1 Å². The molecule has 1 amide bonds. The van der Waals surface area contributed by atoms with Crippen LogP contribution in [0.2, 0.25) is 0 Å². The highest BCUT2D eigenvalue weighted by molar-refractivity contribution is 5.86. The Bertz CT molecular complexity index is 1110. The van der Waals surface area contributed by atoms with Crippen molar-refractivity contribution in [1.82, 2.24) is 5.43 Å². The van der Waals surface area contributed by atoms with Crippen LogP contribution in [-0.4, -0.2) is 17.2 Å². The summed E-state index contributed by atoms with van der Waals surface area (Å²) in [7, 11) is 0. The molecule has 9 heteroatoms. The van der Waals surface area contributed by atoms with Crippen molar-refractivity contribution in [3.63, 3.8) is 0 Å². The second-order valence-electron chi connectivity index (χ2n) is 6.45. The fourth-order valence-corrected chi connectivity index (χ4v) is 2.56. The molecule has 3 aromatic rings. The molecule has 0 aliphatic heterocycles. The lowest BCUT2D eigenvalue weighted by Gasteiger charge is -2.06. The van der Waals surface area contributed by atoms with Crippen molar-refractivity contribution in [1.29, 1.82) is 0 Å². The van der Waals surface area contributed by atoms with E-state index in [1.807, 2.05) is 30.3 Å². The summed E-state index contributed by atoms with van der Waals surface area (Å²) in [5.41, 5.74) is 2.94. The molecular formula is C22H17F3N4O2. The highest BCUT2D eigenvalue weighted by Crippen LogP contribution is 2.32. The lowest BCUT2D eigenvalue weighted by atomic mass is 10.1. The van der Waals surface area contributed by atoms with Gasteiger partial charge in [-0.3, -0.25) is 4.79 Å². The van der Waals surface area contributed by atoms with Crippen LogP contribution in [0.5, 0.6) is 5.75 Å². The summed E-state index contributed by atoms with van der Waals surface area (Å²) in [6, 6.07) is 17.8. The highest BCUT2D eigenvalue weighted by Gasteiger charge is 2.30. The summed E-state index contributed by atoms with van der Waals surface area (Å²) in [6.45, 7) is 0. The maximum Gasteiger partial charge on any atom is 0.416 e. The number of nitrogens with one attached hydrogen (secondary N) is 1. The summed E-state index contributed by atoms with van der Waals surface area (Å²) < 4.78 is 38.3. The van der Waals surface area contributed by atoms with Gasteiger partial charge in [0.05, 0.1) is 29.6 Å². The van der Waals surface area contributed by atoms with E-state index in [1.165, 1.54) is 36.5 Å². The molecule has 2 N–H and O–H groups in total. The van der Waals surface area contributed by atoms with Crippen LogP contribution in [-0.2, 0) is 17.4 Å². The number of hydrazone groups is 1. The van der Waals surface area contributed by atoms with Gasteiger partial charge in [-0.15, -0.1) is 0 Å². The molecule has 0 bridgehead atoms. The van der Waals surface area contributed by atoms with E-state index in [0.29, 0.717) is 0 Å². The third-order valence-corrected chi connectivity index (χ3v) is 4.07. The number of hydrogen-bond donors (Lipinski definition) is 2. The fraction of sp³-hybridized carbons (Fsp3) is 0.0909. The standard InChI is InChI=1S/C22H17F3N4O2/c23-22(24,25)17-7-4-8-18(13-17)27-28-19-9-10-20(30)16(12-19)14-26-29-21(31)11-15-5-2-1-3-6-15/h1-10,12-14,30H,11H2,(H,29,31)/b26-14+,28-27?. The number of carbonyl (C=O) groups excluding carboxylic acids is 1. The maximum atomic E-state index is 12.8. The monoisotopic (exact) mass is 426 g/mol. The van der Waals surface area contributed by atoms with Crippen LogP contribution in [0, 0.1) is 0 Å². The van der Waals surface area contributed by atoms with Gasteiger partial charge >= 0.3 is 6.18 Å². The number of nitrogens with zero attached hydrogens (tertiary/aromatic N) is 3. The molecule has 0 saturated heterocycles. The maximum absolute atomic E-state index is 12.8. The highest BCUT2D eigenvalue weighted by atomic mass is 19.4. The average molecular weight is 426 g/mol. The molecule has 0 aliphatic rings. The van der Waals surface area contributed by atoms with Crippen LogP contribution in [0.3, 0.4) is 0 Å². The summed E-state index contributed by atoms with van der Waals surface area (Å²) >= 11 is 0. The molecule has 3 rings (SSSR count). The number of amides is 1. The number of rotatable bonds is 6. The number of alkyl halides is 3. The molecule has 0 atom stereocenters. The summed E-state index contributed by atoms with van der Waals surface area (Å²) in [6.07, 6.45) is -3.09. The Kier molecular flexibility index (Phi) is 6.76. The van der Waals surface area contributed by atoms with Crippen molar-refractivity contribution in [3.05, 3.63) is 89.5 Å². The Labute approximate surface area is 175 Å². The number of hydrogen-bond acceptors (Lipinski definition) is 5. The van der Waals surface area contributed by atoms with Crippen molar-refractivity contribution < 1.29 is 23.1 Å². The van der Waals surface area contributed by atoms with Gasteiger partial charge in [0, 0.05) is 5.56 Å². The molecule has 3 aromatic carbocycles. The third kappa shape index (κ3) is 6.49. The molecule has 0 aromatic heterocycles. The lowest BCUT2D eigenvalue weighted by Crippen LogP contribution is -2.19. The number of benzene rings is 3. The zero-order valence-corrected chi connectivity index (χ0v) is 16.0. The number of carbonyl (C=O) groups is 1. The first-order valence-corrected chi connectivity index (χ1v) is 9.09. The van der Waals surface area contributed by atoms with Crippen LogP contribution in [0.4, 0.5) is 24.5 Å². The zero-order valence-electron chi connectivity index (χ0n) is 16.0. The first-order valence-electron chi connectivity index (χ1n) is 9.09. The summed E-state index contributed by atoms with van der Waals surface area (Å²) in [5.74, 6) is -0.443. The predicted molar refractivity (Wildman–Crippen MR) is 110 cm³/mol. The minimum absolute atomic E-state index is 0.0336. The van der Waals surface area contributed by atoms with Crippen LogP contribution < -0.4 is 5.43 Å². The van der Waals surface area contributed by atoms with Crippen LogP contribution in [0.15, 0.2) is 88.1 Å². The lowest BCUT2D eigenvalue weighted by molar-refractivity contribution is -0.137. The van der Waals surface area contributed by atoms with E-state index in [2.05, 4.69) is 20.8 Å². The van der Waals surface area contributed by atoms with Crippen LogP contribution in [0.1, 0.15) is 16.7 Å². The molecule has 158 valence electrons. The summed E-state index contributed by atoms with van der Waals surface area (Å²) in [4.78, 5) is 11.9. The van der Waals surface area contributed by atoms with Crippen LogP contribution >= 0.6 is 0 Å². The number of phenols is 1. The van der Waals surface area contributed by atoms with E-state index in [-0.39, 0.29) is 35.0 Å². The quantitative estimate of drug-likeness (QED) is 0.309. The van der Waals surface area contributed by atoms with E-state index >= 15 is 0 Å². The minimum Gasteiger partial charge on any atom is -0.507 e. The zero-order chi connectivity index (χ0) is 22.3. The van der Waals surface area contributed by atoms with Crippen molar-refractivity contribution >= 4 is 23.5 Å². The SMILES string of the molecule is O=C(Cc1ccccc1)N/N=C/c1cc(N=Nc2cccc(C(F)(F)F)c2)ccc1O. The van der Waals surface area contributed by atoms with Crippen molar-refractivity contribution in [2.24, 2.45) is 15.3 Å². The first kappa shape index (κ1) is 21.7. The first-order chi connectivity index (χ1) is 14.8. The Balaban J connectivity index is 1.67. The number of halogens is 3. The molecule has 6 nitrogen and oxygen atoms in total. The Morgan fingerprint density at radius 1 is 0.935 bits per heavy atom. The number of aromatic hydroxyl groups is 1. The molecular weight excluding hydrogens is 409 g/mol. The van der Waals surface area contributed by atoms with Gasteiger partial charge in [-0.1, -0.05) is 36.4 Å². The smallest absolute Gasteiger partial charge is 0.416 e. The second-order valence-corrected chi connectivity index (χ2v) is 6.45. The largest absolute Gasteiger partial charge is 0.507 e. The van der Waals surface area contributed by atoms with Gasteiger partial charge in [0.1, 0.15) is 5.75 Å². The van der Waals surface area contributed by atoms with E-state index in [0.717, 1.165) is 17.7 Å². The number of phenolic OH excluding ortho intramolecular Hbond substituents is 1. The van der Waals surface area contributed by atoms with Crippen molar-refractivity contribution in [2.45, 2.75) is 12.6 Å². The van der Waals surface area contributed by atoms with Gasteiger partial charge in [-0.2, -0.15) is 28.5 Å². The van der Waals surface area contributed by atoms with Gasteiger partial charge in [0.25, 0.3) is 0 Å². The molecule has 31 heavy (non-hydrogen) atoms. The van der Waals surface area contributed by atoms with Crippen molar-refractivity contribution in [3.8, 4) is 5.75 Å². The molecule has 0 spiro atoms. The van der Waals surface area contributed by atoms with Crippen molar-refractivity contribution in [2.75, 3.05) is 0 Å². The van der Waals surface area contributed by atoms with E-state index in [1.54, 1.807) is 0 Å². The molecule has 0 aliphatic carbocycles. The predicted octanol–water partition coefficient (Wildman–Crippen LogP) is 5.52. The van der Waals surface area contributed by atoms with Gasteiger partial charge < -0.3 is 5.11 Å². The normalized spacial score (nSPS) is 11.8. The Morgan fingerprint density at radius 3 is 2.35 bits per heavy atom. The van der Waals surface area contributed by atoms with E-state index in [4.69, 9.17) is 0 Å². The Hall–Kier alpha value is -4.01. The fourth-order valence-electron chi connectivity index (χ4n) is 2.56. The average Bonchev–Trinajstić information content (AvgIpc) is 2.74. The molecule has 0 heterocycles. The molecule has 0 fully saturated rings. The molecule has 0 saturated carbocycles. The molecule has 0 radical (unpaired) electrons. The Morgan fingerprint density at radius 2 is 1.65 bits per heavy atom. The molecule has 0 unspecified atom stereocenters. The van der Waals surface area contributed by atoms with E-state index < -0.39 is 11.7 Å². The van der Waals surface area contributed by atoms with Gasteiger partial charge in [0.2, 0.25) is 5.91 Å². The van der Waals surface area contributed by atoms with Gasteiger partial charge in [-0.05, 0) is 42.0 Å². The second kappa shape index (κ2) is 9.66. The topological polar surface area (TPSA) is 86.4 Å².